The van der Waals surface area contributed by atoms with Gasteiger partial charge < -0.3 is 15.2 Å². The second kappa shape index (κ2) is 8.89. The summed E-state index contributed by atoms with van der Waals surface area (Å²) in [4.78, 5) is 10.2. The number of non-ortho nitro benzene ring substituents is 1. The van der Waals surface area contributed by atoms with Gasteiger partial charge in [-0.05, 0) is 12.1 Å². The maximum absolute atomic E-state index is 10.9. The molecule has 136 valence electrons. The van der Waals surface area contributed by atoms with Crippen LogP contribution in [0.1, 0.15) is 11.1 Å². The zero-order chi connectivity index (χ0) is 19.8. The Morgan fingerprint density at radius 2 is 1.89 bits per heavy atom. The number of nitro benzene ring substituents is 1. The highest BCUT2D eigenvalue weighted by atomic mass is 16.6. The van der Waals surface area contributed by atoms with Crippen molar-refractivity contribution in [1.82, 2.24) is 0 Å². The first-order valence-corrected chi connectivity index (χ1v) is 7.61. The summed E-state index contributed by atoms with van der Waals surface area (Å²) >= 11 is 0. The number of rotatable bonds is 7. The van der Waals surface area contributed by atoms with Crippen molar-refractivity contribution in [1.29, 1.82) is 10.5 Å². The molecule has 0 aliphatic heterocycles. The maximum atomic E-state index is 10.9. The van der Waals surface area contributed by atoms with E-state index in [1.807, 2.05) is 0 Å². The van der Waals surface area contributed by atoms with Gasteiger partial charge in [0, 0.05) is 30.4 Å². The van der Waals surface area contributed by atoms with Gasteiger partial charge in [-0.15, -0.1) is 10.2 Å². The molecule has 10 nitrogen and oxygen atoms in total. The number of anilines is 1. The van der Waals surface area contributed by atoms with Gasteiger partial charge in [-0.25, -0.2) is 0 Å². The second-order valence-corrected chi connectivity index (χ2v) is 5.11. The van der Waals surface area contributed by atoms with E-state index in [0.29, 0.717) is 23.7 Å². The van der Waals surface area contributed by atoms with Crippen molar-refractivity contribution in [2.75, 3.05) is 25.6 Å². The minimum atomic E-state index is -0.691. The number of azo groups is 1. The Hall–Kier alpha value is -4.02. The number of nitro groups is 1. The summed E-state index contributed by atoms with van der Waals surface area (Å²) < 4.78 is 5.24. The molecule has 0 radical (unpaired) electrons. The molecule has 0 aliphatic rings. The van der Waals surface area contributed by atoms with Crippen molar-refractivity contribution in [2.45, 2.75) is 0 Å². The molecule has 10 heteroatoms. The molecule has 0 saturated heterocycles. The second-order valence-electron chi connectivity index (χ2n) is 5.11. The zero-order valence-corrected chi connectivity index (χ0v) is 14.2. The molecule has 0 bridgehead atoms. The number of methoxy groups -OCH3 is 1. The maximum Gasteiger partial charge on any atom is 0.272 e. The van der Waals surface area contributed by atoms with E-state index in [4.69, 9.17) is 9.84 Å². The van der Waals surface area contributed by atoms with Gasteiger partial charge in [-0.2, -0.15) is 10.5 Å². The number of nitrogens with one attached hydrogen (secondary N) is 1. The SMILES string of the molecule is COc1cc(NCCO)ccc1N=Nc1c(C#N)cc([N+](=O)[O-])cc1C#N. The van der Waals surface area contributed by atoms with E-state index in [9.17, 15) is 20.6 Å². The van der Waals surface area contributed by atoms with Crippen molar-refractivity contribution in [3.63, 3.8) is 0 Å². The molecule has 2 aromatic carbocycles. The van der Waals surface area contributed by atoms with Gasteiger partial charge in [0.15, 0.2) is 0 Å². The number of nitriles is 2. The lowest BCUT2D eigenvalue weighted by Crippen LogP contribution is -2.05. The van der Waals surface area contributed by atoms with Gasteiger partial charge in [0.2, 0.25) is 0 Å². The number of hydrogen-bond acceptors (Lipinski definition) is 9. The van der Waals surface area contributed by atoms with Crippen LogP contribution in [-0.2, 0) is 0 Å². The summed E-state index contributed by atoms with van der Waals surface area (Å²) in [5, 5.41) is 49.1. The number of benzene rings is 2. The summed E-state index contributed by atoms with van der Waals surface area (Å²) in [6.45, 7) is 0.335. The van der Waals surface area contributed by atoms with Gasteiger partial charge in [0.1, 0.15) is 29.3 Å². The van der Waals surface area contributed by atoms with Crippen LogP contribution >= 0.6 is 0 Å². The van der Waals surface area contributed by atoms with Crippen LogP contribution in [0.4, 0.5) is 22.7 Å². The molecule has 0 spiro atoms. The fourth-order valence-electron chi connectivity index (χ4n) is 2.18. The molecule has 0 unspecified atom stereocenters. The quantitative estimate of drug-likeness (QED) is 0.432. The van der Waals surface area contributed by atoms with Crippen molar-refractivity contribution in [3.05, 3.63) is 51.6 Å². The molecular weight excluding hydrogens is 352 g/mol. The van der Waals surface area contributed by atoms with E-state index in [1.165, 1.54) is 7.11 Å². The summed E-state index contributed by atoms with van der Waals surface area (Å²) in [6, 6.07) is 10.6. The van der Waals surface area contributed by atoms with E-state index in [-0.39, 0.29) is 29.1 Å². The molecule has 0 aromatic heterocycles. The third kappa shape index (κ3) is 4.54. The van der Waals surface area contributed by atoms with Crippen molar-refractivity contribution < 1.29 is 14.8 Å². The number of ether oxygens (including phenoxy) is 1. The van der Waals surface area contributed by atoms with E-state index in [1.54, 1.807) is 30.3 Å². The largest absolute Gasteiger partial charge is 0.494 e. The van der Waals surface area contributed by atoms with Crippen LogP contribution in [0.15, 0.2) is 40.6 Å². The average Bonchev–Trinajstić information content (AvgIpc) is 2.69. The van der Waals surface area contributed by atoms with Gasteiger partial charge in [-0.1, -0.05) is 0 Å². The minimum absolute atomic E-state index is 0.0300. The Kier molecular flexibility index (Phi) is 6.36. The van der Waals surface area contributed by atoms with Crippen LogP contribution < -0.4 is 10.1 Å². The molecule has 2 N–H and O–H groups in total. The summed E-state index contributed by atoms with van der Waals surface area (Å²) in [7, 11) is 1.44. The normalized spacial score (nSPS) is 10.2. The first kappa shape index (κ1) is 19.3. The van der Waals surface area contributed by atoms with E-state index >= 15 is 0 Å². The van der Waals surface area contributed by atoms with Crippen LogP contribution in [0, 0.1) is 32.8 Å². The molecule has 0 heterocycles. The number of aliphatic hydroxyl groups is 1. The first-order valence-electron chi connectivity index (χ1n) is 7.61. The van der Waals surface area contributed by atoms with E-state index in [2.05, 4.69) is 15.5 Å². The molecule has 0 amide bonds. The predicted molar refractivity (Wildman–Crippen MR) is 95.3 cm³/mol. The van der Waals surface area contributed by atoms with Crippen molar-refractivity contribution in [3.8, 4) is 17.9 Å². The highest BCUT2D eigenvalue weighted by Gasteiger charge is 2.17. The Morgan fingerprint density at radius 3 is 2.41 bits per heavy atom. The zero-order valence-electron chi connectivity index (χ0n) is 14.2. The van der Waals surface area contributed by atoms with Crippen molar-refractivity contribution >= 4 is 22.7 Å². The van der Waals surface area contributed by atoms with Crippen LogP contribution in [-0.4, -0.2) is 30.3 Å². The smallest absolute Gasteiger partial charge is 0.272 e. The fourth-order valence-corrected chi connectivity index (χ4v) is 2.18. The Bertz CT molecular complexity index is 939. The first-order chi connectivity index (χ1) is 13.0. The van der Waals surface area contributed by atoms with Crippen LogP contribution in [0.2, 0.25) is 0 Å². The third-order valence-electron chi connectivity index (χ3n) is 3.42. The molecule has 2 aromatic rings. The Balaban J connectivity index is 2.45. The lowest BCUT2D eigenvalue weighted by atomic mass is 10.1. The van der Waals surface area contributed by atoms with Gasteiger partial charge >= 0.3 is 0 Å². The molecular formula is C17H14N6O4. The summed E-state index contributed by atoms with van der Waals surface area (Å²) in [5.74, 6) is 0.376. The fraction of sp³-hybridized carbons (Fsp3) is 0.176. The highest BCUT2D eigenvalue weighted by molar-refractivity contribution is 5.67. The topological polar surface area (TPSA) is 157 Å². The number of hydrogen-bond donors (Lipinski definition) is 2. The Labute approximate surface area is 154 Å². The molecule has 0 saturated carbocycles. The Morgan fingerprint density at radius 1 is 1.22 bits per heavy atom. The summed E-state index contributed by atoms with van der Waals surface area (Å²) in [5.41, 5.74) is 0.326. The van der Waals surface area contributed by atoms with Crippen molar-refractivity contribution in [2.24, 2.45) is 10.2 Å². The lowest BCUT2D eigenvalue weighted by molar-refractivity contribution is -0.384. The van der Waals surface area contributed by atoms with Gasteiger partial charge in [0.25, 0.3) is 5.69 Å². The van der Waals surface area contributed by atoms with Gasteiger partial charge in [-0.3, -0.25) is 10.1 Å². The number of aliphatic hydroxyl groups excluding tert-OH is 1. The molecule has 0 aliphatic carbocycles. The standard InChI is InChI=1S/C17H14N6O4/c1-27-16-8-13(20-4-5-24)2-3-15(16)21-22-17-11(9-18)6-14(23(25)26)7-12(17)10-19/h2-3,6-8,20,24H,4-5H2,1H3. The molecule has 27 heavy (non-hydrogen) atoms. The van der Waals surface area contributed by atoms with E-state index in [0.717, 1.165) is 12.1 Å². The summed E-state index contributed by atoms with van der Waals surface area (Å²) in [6.07, 6.45) is 0. The number of nitrogens with zero attached hydrogens (tertiary/aromatic N) is 5. The predicted octanol–water partition coefficient (Wildman–Crippen LogP) is 3.17. The van der Waals surface area contributed by atoms with Crippen LogP contribution in [0.25, 0.3) is 0 Å². The lowest BCUT2D eigenvalue weighted by Gasteiger charge is -2.08. The minimum Gasteiger partial charge on any atom is -0.494 e. The average molecular weight is 366 g/mol. The molecule has 0 fully saturated rings. The van der Waals surface area contributed by atoms with Gasteiger partial charge in [0.05, 0.1) is 29.8 Å². The molecule has 0 atom stereocenters. The van der Waals surface area contributed by atoms with Crippen LogP contribution in [0.3, 0.4) is 0 Å². The third-order valence-corrected chi connectivity index (χ3v) is 3.42. The molecule has 2 rings (SSSR count). The van der Waals surface area contributed by atoms with Crippen LogP contribution in [0.5, 0.6) is 5.75 Å². The monoisotopic (exact) mass is 366 g/mol. The highest BCUT2D eigenvalue weighted by Crippen LogP contribution is 2.34. The van der Waals surface area contributed by atoms with E-state index < -0.39 is 4.92 Å².